The monoisotopic (exact) mass is 310 g/mol. The van der Waals surface area contributed by atoms with Crippen LogP contribution in [0.4, 0.5) is 5.69 Å². The second-order valence-corrected chi connectivity index (χ2v) is 8.04. The number of nitrogens with zero attached hydrogens (tertiary/aromatic N) is 1. The Morgan fingerprint density at radius 1 is 1.29 bits per heavy atom. The molecule has 0 bridgehead atoms. The SMILES string of the molecule is CCCC1CCN(S(=O)(=O)c2c(C)c(C)cc(N)c2C)C1. The van der Waals surface area contributed by atoms with Crippen molar-refractivity contribution in [1.29, 1.82) is 0 Å². The quantitative estimate of drug-likeness (QED) is 0.870. The summed E-state index contributed by atoms with van der Waals surface area (Å²) in [4.78, 5) is 0.414. The molecule has 21 heavy (non-hydrogen) atoms. The van der Waals surface area contributed by atoms with Crippen LogP contribution in [0.15, 0.2) is 11.0 Å². The van der Waals surface area contributed by atoms with Crippen LogP contribution < -0.4 is 5.73 Å². The molecule has 1 aliphatic rings. The second-order valence-electron chi connectivity index (χ2n) is 6.17. The van der Waals surface area contributed by atoms with Gasteiger partial charge in [0.2, 0.25) is 10.0 Å². The Morgan fingerprint density at radius 3 is 2.57 bits per heavy atom. The Labute approximate surface area is 128 Å². The normalized spacial score (nSPS) is 20.1. The van der Waals surface area contributed by atoms with Crippen LogP contribution in [0.2, 0.25) is 0 Å². The number of nitrogen functional groups attached to an aromatic ring is 1. The fraction of sp³-hybridized carbons (Fsp3) is 0.625. The van der Waals surface area contributed by atoms with E-state index in [9.17, 15) is 8.42 Å². The minimum absolute atomic E-state index is 0.414. The summed E-state index contributed by atoms with van der Waals surface area (Å²) in [6, 6.07) is 1.85. The van der Waals surface area contributed by atoms with Gasteiger partial charge in [-0.25, -0.2) is 8.42 Å². The summed E-state index contributed by atoms with van der Waals surface area (Å²) in [5.41, 5.74) is 8.96. The number of rotatable bonds is 4. The Kier molecular flexibility index (Phi) is 4.63. The van der Waals surface area contributed by atoms with Crippen molar-refractivity contribution in [2.45, 2.75) is 51.9 Å². The summed E-state index contributed by atoms with van der Waals surface area (Å²) < 4.78 is 27.6. The average Bonchev–Trinajstić information content (AvgIpc) is 2.86. The van der Waals surface area contributed by atoms with Gasteiger partial charge in [-0.1, -0.05) is 13.3 Å². The molecule has 5 heteroatoms. The van der Waals surface area contributed by atoms with Crippen molar-refractivity contribution in [3.8, 4) is 0 Å². The summed E-state index contributed by atoms with van der Waals surface area (Å²) in [6.45, 7) is 8.99. The van der Waals surface area contributed by atoms with Crippen molar-refractivity contribution >= 4 is 15.7 Å². The lowest BCUT2D eigenvalue weighted by molar-refractivity contribution is 0.444. The third kappa shape index (κ3) is 2.94. The molecule has 1 aromatic rings. The third-order valence-corrected chi connectivity index (χ3v) is 6.76. The first-order valence-electron chi connectivity index (χ1n) is 7.65. The molecule has 1 heterocycles. The maximum Gasteiger partial charge on any atom is 0.243 e. The zero-order valence-electron chi connectivity index (χ0n) is 13.4. The van der Waals surface area contributed by atoms with Gasteiger partial charge in [0.05, 0.1) is 4.90 Å². The molecule has 118 valence electrons. The van der Waals surface area contributed by atoms with Gasteiger partial charge >= 0.3 is 0 Å². The van der Waals surface area contributed by atoms with E-state index in [0.717, 1.165) is 30.4 Å². The molecule has 0 aliphatic carbocycles. The van der Waals surface area contributed by atoms with Crippen molar-refractivity contribution in [2.75, 3.05) is 18.8 Å². The molecule has 1 aliphatic heterocycles. The Balaban J connectivity index is 2.42. The number of anilines is 1. The van der Waals surface area contributed by atoms with Crippen LogP contribution in [0, 0.1) is 26.7 Å². The second kappa shape index (κ2) is 5.97. The molecule has 0 aromatic heterocycles. The molecule has 0 saturated carbocycles. The van der Waals surface area contributed by atoms with Crippen LogP contribution in [-0.4, -0.2) is 25.8 Å². The average molecular weight is 310 g/mol. The molecule has 0 amide bonds. The number of sulfonamides is 1. The van der Waals surface area contributed by atoms with Gasteiger partial charge < -0.3 is 5.73 Å². The number of nitrogens with two attached hydrogens (primary N) is 1. The van der Waals surface area contributed by atoms with E-state index in [1.165, 1.54) is 0 Å². The molecule has 2 rings (SSSR count). The van der Waals surface area contributed by atoms with Crippen LogP contribution in [0.1, 0.15) is 42.9 Å². The molecule has 0 radical (unpaired) electrons. The Morgan fingerprint density at radius 2 is 1.95 bits per heavy atom. The topological polar surface area (TPSA) is 63.4 Å². The summed E-state index contributed by atoms with van der Waals surface area (Å²) in [6.07, 6.45) is 3.17. The number of benzene rings is 1. The van der Waals surface area contributed by atoms with Crippen LogP contribution in [0.3, 0.4) is 0 Å². The molecule has 4 nitrogen and oxygen atoms in total. The van der Waals surface area contributed by atoms with Crippen molar-refractivity contribution in [3.63, 3.8) is 0 Å². The predicted octanol–water partition coefficient (Wildman–Crippen LogP) is 3.00. The summed E-state index contributed by atoms with van der Waals surface area (Å²) in [7, 11) is -3.44. The van der Waals surface area contributed by atoms with E-state index in [1.54, 1.807) is 11.2 Å². The van der Waals surface area contributed by atoms with Gasteiger partial charge in [-0.3, -0.25) is 0 Å². The van der Waals surface area contributed by atoms with Crippen molar-refractivity contribution in [3.05, 3.63) is 22.8 Å². The molecule has 1 atom stereocenters. The highest BCUT2D eigenvalue weighted by molar-refractivity contribution is 7.89. The van der Waals surface area contributed by atoms with Gasteiger partial charge in [-0.15, -0.1) is 0 Å². The van der Waals surface area contributed by atoms with E-state index in [-0.39, 0.29) is 0 Å². The standard InChI is InChI=1S/C16H26N2O2S/c1-5-6-14-7-8-18(10-14)21(19,20)16-12(3)11(2)9-15(17)13(16)4/h9,14H,5-8,10,17H2,1-4H3. The van der Waals surface area contributed by atoms with Gasteiger partial charge in [0.25, 0.3) is 0 Å². The lowest BCUT2D eigenvalue weighted by Crippen LogP contribution is -2.30. The van der Waals surface area contributed by atoms with E-state index in [0.29, 0.717) is 35.2 Å². The number of aryl methyl sites for hydroxylation is 1. The summed E-state index contributed by atoms with van der Waals surface area (Å²) in [5, 5.41) is 0. The van der Waals surface area contributed by atoms with Crippen molar-refractivity contribution in [1.82, 2.24) is 4.31 Å². The first-order valence-corrected chi connectivity index (χ1v) is 9.09. The van der Waals surface area contributed by atoms with E-state index in [2.05, 4.69) is 6.92 Å². The highest BCUT2D eigenvalue weighted by atomic mass is 32.2. The summed E-state index contributed by atoms with van der Waals surface area (Å²) >= 11 is 0. The highest BCUT2D eigenvalue weighted by Crippen LogP contribution is 2.33. The van der Waals surface area contributed by atoms with Crippen LogP contribution in [0.5, 0.6) is 0 Å². The molecule has 1 unspecified atom stereocenters. The van der Waals surface area contributed by atoms with Crippen molar-refractivity contribution < 1.29 is 8.42 Å². The fourth-order valence-electron chi connectivity index (χ4n) is 3.22. The molecule has 1 aromatic carbocycles. The Bertz CT molecular complexity index is 612. The van der Waals surface area contributed by atoms with Crippen molar-refractivity contribution in [2.24, 2.45) is 5.92 Å². The van der Waals surface area contributed by atoms with E-state index in [1.807, 2.05) is 19.9 Å². The first-order chi connectivity index (χ1) is 9.78. The number of hydrogen-bond acceptors (Lipinski definition) is 3. The van der Waals surface area contributed by atoms with Crippen LogP contribution >= 0.6 is 0 Å². The molecular weight excluding hydrogens is 284 g/mol. The lowest BCUT2D eigenvalue weighted by Gasteiger charge is -2.21. The Hall–Kier alpha value is -1.07. The molecule has 0 spiro atoms. The highest BCUT2D eigenvalue weighted by Gasteiger charge is 2.34. The predicted molar refractivity (Wildman–Crippen MR) is 86.8 cm³/mol. The molecule has 2 N–H and O–H groups in total. The van der Waals surface area contributed by atoms with Gasteiger partial charge in [-0.2, -0.15) is 4.31 Å². The molecular formula is C16H26N2O2S. The van der Waals surface area contributed by atoms with Gasteiger partial charge in [0.1, 0.15) is 0 Å². The van der Waals surface area contributed by atoms with Gasteiger partial charge in [0.15, 0.2) is 0 Å². The fourth-order valence-corrected chi connectivity index (χ4v) is 5.28. The third-order valence-electron chi connectivity index (χ3n) is 4.62. The number of hydrogen-bond donors (Lipinski definition) is 1. The largest absolute Gasteiger partial charge is 0.398 e. The smallest absolute Gasteiger partial charge is 0.243 e. The molecule has 1 fully saturated rings. The lowest BCUT2D eigenvalue weighted by atomic mass is 10.0. The maximum absolute atomic E-state index is 13.0. The first kappa shape index (κ1) is 16.3. The van der Waals surface area contributed by atoms with E-state index >= 15 is 0 Å². The van der Waals surface area contributed by atoms with Gasteiger partial charge in [-0.05, 0) is 62.3 Å². The minimum atomic E-state index is -3.44. The van der Waals surface area contributed by atoms with Crippen LogP contribution in [0.25, 0.3) is 0 Å². The minimum Gasteiger partial charge on any atom is -0.398 e. The van der Waals surface area contributed by atoms with Gasteiger partial charge in [0, 0.05) is 18.8 Å². The van der Waals surface area contributed by atoms with E-state index in [4.69, 9.17) is 5.73 Å². The molecule has 1 saturated heterocycles. The van der Waals surface area contributed by atoms with Crippen LogP contribution in [-0.2, 0) is 10.0 Å². The zero-order chi connectivity index (χ0) is 15.8. The van der Waals surface area contributed by atoms with E-state index < -0.39 is 10.0 Å². The summed E-state index contributed by atoms with van der Waals surface area (Å²) in [5.74, 6) is 0.493. The zero-order valence-corrected chi connectivity index (χ0v) is 14.3. The maximum atomic E-state index is 13.0.